The number of benzene rings is 1. The summed E-state index contributed by atoms with van der Waals surface area (Å²) in [6, 6.07) is 7.83. The molecule has 1 unspecified atom stereocenters. The molecule has 30 heavy (non-hydrogen) atoms. The Bertz CT molecular complexity index is 776. The van der Waals surface area contributed by atoms with Crippen molar-refractivity contribution in [3.8, 4) is 11.4 Å². The second kappa shape index (κ2) is 10.2. The Balaban J connectivity index is 1.59. The molecule has 3 heterocycles. The summed E-state index contributed by atoms with van der Waals surface area (Å²) in [6.07, 6.45) is -0.581. The van der Waals surface area contributed by atoms with Crippen molar-refractivity contribution < 1.29 is 14.6 Å². The zero-order chi connectivity index (χ0) is 20.8. The fraction of sp³-hybridized carbons (Fsp3) is 0.550. The van der Waals surface area contributed by atoms with Crippen molar-refractivity contribution in [3.63, 3.8) is 0 Å². The van der Waals surface area contributed by atoms with Gasteiger partial charge in [-0.2, -0.15) is 15.0 Å². The number of ether oxygens (including phenoxy) is 2. The van der Waals surface area contributed by atoms with E-state index in [9.17, 15) is 5.11 Å². The number of nitrogens with zero attached hydrogens (tertiary/aromatic N) is 5. The molecule has 0 radical (unpaired) electrons. The first-order valence-corrected chi connectivity index (χ1v) is 10.8. The maximum absolute atomic E-state index is 9.61. The van der Waals surface area contributed by atoms with E-state index in [1.54, 1.807) is 0 Å². The Labute approximate surface area is 181 Å². The third-order valence-corrected chi connectivity index (χ3v) is 5.42. The van der Waals surface area contributed by atoms with E-state index in [0.29, 0.717) is 50.7 Å². The number of aliphatic hydroxyl groups excluding tert-OH is 1. The van der Waals surface area contributed by atoms with Crippen molar-refractivity contribution in [2.75, 3.05) is 80.1 Å². The molecule has 4 rings (SSSR count). The first-order chi connectivity index (χ1) is 14.7. The molecular formula is C20H27ClN6O3. The molecule has 0 spiro atoms. The summed E-state index contributed by atoms with van der Waals surface area (Å²) in [7, 11) is 0. The Morgan fingerprint density at radius 2 is 1.43 bits per heavy atom. The van der Waals surface area contributed by atoms with Gasteiger partial charge in [-0.3, -0.25) is 0 Å². The summed E-state index contributed by atoms with van der Waals surface area (Å²) in [5, 5.41) is 12.8. The molecular weight excluding hydrogens is 408 g/mol. The molecule has 0 aliphatic carbocycles. The third-order valence-electron chi connectivity index (χ3n) is 5.06. The lowest BCUT2D eigenvalue weighted by Crippen LogP contribution is -2.40. The van der Waals surface area contributed by atoms with Crippen LogP contribution in [0.15, 0.2) is 24.3 Å². The second-order valence-corrected chi connectivity index (χ2v) is 7.53. The number of rotatable bonds is 7. The maximum atomic E-state index is 9.61. The predicted octanol–water partition coefficient (Wildman–Crippen LogP) is 1.22. The molecule has 0 amide bonds. The summed E-state index contributed by atoms with van der Waals surface area (Å²) in [5.41, 5.74) is 1.81. The number of hydrogen-bond donors (Lipinski definition) is 2. The van der Waals surface area contributed by atoms with Gasteiger partial charge in [-0.1, -0.05) is 0 Å². The van der Waals surface area contributed by atoms with Gasteiger partial charge in [0, 0.05) is 44.0 Å². The van der Waals surface area contributed by atoms with Crippen LogP contribution in [0.3, 0.4) is 0 Å². The number of aromatic nitrogens is 3. The highest BCUT2D eigenvalue weighted by Gasteiger charge is 2.21. The van der Waals surface area contributed by atoms with E-state index in [1.165, 1.54) is 0 Å². The molecule has 9 nitrogen and oxygen atoms in total. The van der Waals surface area contributed by atoms with E-state index in [-0.39, 0.29) is 5.88 Å². The number of anilines is 3. The first-order valence-electron chi connectivity index (χ1n) is 10.2. The van der Waals surface area contributed by atoms with Gasteiger partial charge in [-0.05, 0) is 24.3 Å². The van der Waals surface area contributed by atoms with E-state index in [2.05, 4.69) is 15.1 Å². The van der Waals surface area contributed by atoms with Gasteiger partial charge >= 0.3 is 0 Å². The van der Waals surface area contributed by atoms with Crippen molar-refractivity contribution in [1.82, 2.24) is 15.0 Å². The minimum atomic E-state index is -0.581. The van der Waals surface area contributed by atoms with E-state index in [4.69, 9.17) is 36.0 Å². The average Bonchev–Trinajstić information content (AvgIpc) is 2.83. The van der Waals surface area contributed by atoms with Crippen LogP contribution in [0.2, 0.25) is 0 Å². The molecule has 1 aromatic heterocycles. The van der Waals surface area contributed by atoms with E-state index >= 15 is 0 Å². The molecule has 10 heteroatoms. The smallest absolute Gasteiger partial charge is 0.230 e. The van der Waals surface area contributed by atoms with Crippen LogP contribution in [-0.4, -0.2) is 91.2 Å². The van der Waals surface area contributed by atoms with E-state index in [0.717, 1.165) is 37.4 Å². The number of alkyl halides is 1. The highest BCUT2D eigenvalue weighted by Crippen LogP contribution is 2.24. The summed E-state index contributed by atoms with van der Waals surface area (Å²) >= 11 is 5.65. The van der Waals surface area contributed by atoms with Crippen molar-refractivity contribution in [3.05, 3.63) is 24.3 Å². The van der Waals surface area contributed by atoms with Gasteiger partial charge in [-0.25, -0.2) is 0 Å². The molecule has 2 N–H and O–H groups in total. The van der Waals surface area contributed by atoms with Gasteiger partial charge in [0.05, 0.1) is 38.4 Å². The molecule has 162 valence electrons. The minimum Gasteiger partial charge on any atom is -0.390 e. The summed E-state index contributed by atoms with van der Waals surface area (Å²) < 4.78 is 10.9. The van der Waals surface area contributed by atoms with Crippen LogP contribution in [0.5, 0.6) is 0 Å². The Kier molecular flexibility index (Phi) is 7.16. The lowest BCUT2D eigenvalue weighted by Gasteiger charge is -2.30. The number of nitrogens with one attached hydrogen (secondary N) is 1. The van der Waals surface area contributed by atoms with Crippen LogP contribution in [0, 0.1) is 0 Å². The van der Waals surface area contributed by atoms with Crippen LogP contribution in [0.4, 0.5) is 17.6 Å². The molecule has 2 aromatic rings. The van der Waals surface area contributed by atoms with Gasteiger partial charge in [0.15, 0.2) is 5.82 Å². The maximum Gasteiger partial charge on any atom is 0.230 e. The molecule has 2 aliphatic heterocycles. The normalized spacial score (nSPS) is 18.3. The number of aliphatic hydroxyl groups is 1. The Morgan fingerprint density at radius 3 is 1.93 bits per heavy atom. The highest BCUT2D eigenvalue weighted by molar-refractivity contribution is 6.18. The summed E-state index contributed by atoms with van der Waals surface area (Å²) in [4.78, 5) is 18.5. The number of morpholine rings is 2. The van der Waals surface area contributed by atoms with E-state index in [1.807, 2.05) is 24.3 Å². The van der Waals surface area contributed by atoms with Crippen LogP contribution < -0.4 is 15.1 Å². The quantitative estimate of drug-likeness (QED) is 0.623. The zero-order valence-electron chi connectivity index (χ0n) is 16.8. The number of hydrogen-bond acceptors (Lipinski definition) is 9. The SMILES string of the molecule is OC(CCl)CNc1ccc(-c2nc(N3CCOCC3)nc(N3CCOCC3)n2)cc1. The van der Waals surface area contributed by atoms with Gasteiger partial charge < -0.3 is 29.7 Å². The fourth-order valence-corrected chi connectivity index (χ4v) is 3.43. The van der Waals surface area contributed by atoms with Crippen molar-refractivity contribution >= 4 is 29.2 Å². The lowest BCUT2D eigenvalue weighted by atomic mass is 10.2. The van der Waals surface area contributed by atoms with Gasteiger partial charge in [0.2, 0.25) is 11.9 Å². The molecule has 1 aromatic carbocycles. The summed E-state index contributed by atoms with van der Waals surface area (Å²) in [5.74, 6) is 2.19. The monoisotopic (exact) mass is 434 g/mol. The topological polar surface area (TPSA) is 95.9 Å². The summed E-state index contributed by atoms with van der Waals surface area (Å²) in [6.45, 7) is 6.12. The average molecular weight is 435 g/mol. The molecule has 2 fully saturated rings. The zero-order valence-corrected chi connectivity index (χ0v) is 17.6. The minimum absolute atomic E-state index is 0.199. The molecule has 0 bridgehead atoms. The standard InChI is InChI=1S/C20H27ClN6O3/c21-13-17(28)14-22-16-3-1-15(2-4-16)18-23-19(26-5-9-29-10-6-26)25-20(24-18)27-7-11-30-12-8-27/h1-4,17,22,28H,5-14H2. The molecule has 0 saturated carbocycles. The van der Waals surface area contributed by atoms with Crippen LogP contribution >= 0.6 is 11.6 Å². The van der Waals surface area contributed by atoms with Crippen molar-refractivity contribution in [2.24, 2.45) is 0 Å². The third kappa shape index (κ3) is 5.28. The van der Waals surface area contributed by atoms with Crippen LogP contribution in [-0.2, 0) is 9.47 Å². The van der Waals surface area contributed by atoms with Crippen LogP contribution in [0.25, 0.3) is 11.4 Å². The lowest BCUT2D eigenvalue weighted by molar-refractivity contribution is 0.121. The fourth-order valence-electron chi connectivity index (χ4n) is 3.32. The van der Waals surface area contributed by atoms with Gasteiger partial charge in [0.1, 0.15) is 0 Å². The van der Waals surface area contributed by atoms with Crippen molar-refractivity contribution in [1.29, 1.82) is 0 Å². The molecule has 2 saturated heterocycles. The second-order valence-electron chi connectivity index (χ2n) is 7.22. The highest BCUT2D eigenvalue weighted by atomic mass is 35.5. The Hall–Kier alpha value is -2.20. The molecule has 2 aliphatic rings. The largest absolute Gasteiger partial charge is 0.390 e. The van der Waals surface area contributed by atoms with E-state index < -0.39 is 6.10 Å². The van der Waals surface area contributed by atoms with Crippen molar-refractivity contribution in [2.45, 2.75) is 6.10 Å². The predicted molar refractivity (Wildman–Crippen MR) is 117 cm³/mol. The van der Waals surface area contributed by atoms with Gasteiger partial charge in [-0.15, -0.1) is 11.6 Å². The van der Waals surface area contributed by atoms with Gasteiger partial charge in [0.25, 0.3) is 0 Å². The number of halogens is 1. The first kappa shape index (κ1) is 21.0. The Morgan fingerprint density at radius 1 is 0.900 bits per heavy atom. The van der Waals surface area contributed by atoms with Crippen LogP contribution in [0.1, 0.15) is 0 Å². The molecule has 1 atom stereocenters.